The first-order valence-corrected chi connectivity index (χ1v) is 6.91. The van der Waals surface area contributed by atoms with Crippen molar-refractivity contribution in [1.82, 2.24) is 0 Å². The van der Waals surface area contributed by atoms with Gasteiger partial charge in [-0.1, -0.05) is 35.3 Å². The fourth-order valence-electron chi connectivity index (χ4n) is 1.78. The Labute approximate surface area is 128 Å². The molecule has 0 aliphatic carbocycles. The average molecular weight is 311 g/mol. The number of rotatable bonds is 4. The van der Waals surface area contributed by atoms with Gasteiger partial charge in [0.2, 0.25) is 0 Å². The van der Waals surface area contributed by atoms with E-state index in [4.69, 9.17) is 23.2 Å². The monoisotopic (exact) mass is 310 g/mol. The van der Waals surface area contributed by atoms with E-state index < -0.39 is 0 Å². The third-order valence-electron chi connectivity index (χ3n) is 2.97. The normalized spacial score (nSPS) is 10.4. The predicted octanol–water partition coefficient (Wildman–Crippen LogP) is 4.38. The number of hydrogen-bond donors (Lipinski definition) is 2. The van der Waals surface area contributed by atoms with Crippen LogP contribution < -0.4 is 10.2 Å². The van der Waals surface area contributed by atoms with Crippen LogP contribution in [0.15, 0.2) is 36.4 Å². The van der Waals surface area contributed by atoms with Gasteiger partial charge in [0.1, 0.15) is 0 Å². The highest BCUT2D eigenvalue weighted by Gasteiger charge is 2.06. The zero-order valence-corrected chi connectivity index (χ0v) is 12.8. The SMILES string of the molecule is CN(C)c1ccc(CNc2cc(Cl)c(O)c(Cl)c2)cc1. The van der Waals surface area contributed by atoms with Gasteiger partial charge in [-0.3, -0.25) is 0 Å². The van der Waals surface area contributed by atoms with Crippen molar-refractivity contribution >= 4 is 34.6 Å². The molecule has 0 heterocycles. The molecule has 0 aliphatic rings. The van der Waals surface area contributed by atoms with Crippen LogP contribution in [0.2, 0.25) is 10.0 Å². The Balaban J connectivity index is 2.05. The van der Waals surface area contributed by atoms with Crippen LogP contribution in [0.25, 0.3) is 0 Å². The van der Waals surface area contributed by atoms with Crippen molar-refractivity contribution in [1.29, 1.82) is 0 Å². The molecule has 2 N–H and O–H groups in total. The van der Waals surface area contributed by atoms with Gasteiger partial charge in [-0.15, -0.1) is 0 Å². The molecule has 106 valence electrons. The topological polar surface area (TPSA) is 35.5 Å². The number of phenolic OH excluding ortho intramolecular Hbond substituents is 1. The fourth-order valence-corrected chi connectivity index (χ4v) is 2.27. The molecule has 0 atom stereocenters. The van der Waals surface area contributed by atoms with Crippen molar-refractivity contribution in [3.63, 3.8) is 0 Å². The number of anilines is 2. The van der Waals surface area contributed by atoms with Crippen LogP contribution >= 0.6 is 23.2 Å². The molecule has 0 fully saturated rings. The summed E-state index contributed by atoms with van der Waals surface area (Å²) in [6, 6.07) is 11.5. The van der Waals surface area contributed by atoms with Gasteiger partial charge >= 0.3 is 0 Å². The zero-order valence-electron chi connectivity index (χ0n) is 11.3. The maximum Gasteiger partial charge on any atom is 0.152 e. The predicted molar refractivity (Wildman–Crippen MR) is 86.2 cm³/mol. The molecule has 0 saturated carbocycles. The van der Waals surface area contributed by atoms with Crippen LogP contribution in [0.5, 0.6) is 5.75 Å². The van der Waals surface area contributed by atoms with Crippen molar-refractivity contribution in [2.45, 2.75) is 6.54 Å². The highest BCUT2D eigenvalue weighted by Crippen LogP contribution is 2.34. The average Bonchev–Trinajstić information content (AvgIpc) is 2.42. The Bertz CT molecular complexity index is 574. The Morgan fingerprint density at radius 1 is 1.05 bits per heavy atom. The summed E-state index contributed by atoms with van der Waals surface area (Å²) >= 11 is 11.8. The van der Waals surface area contributed by atoms with E-state index in [1.165, 1.54) is 0 Å². The summed E-state index contributed by atoms with van der Waals surface area (Å²) in [7, 11) is 4.02. The lowest BCUT2D eigenvalue weighted by molar-refractivity contribution is 0.476. The van der Waals surface area contributed by atoms with Gasteiger partial charge in [0.25, 0.3) is 0 Å². The van der Waals surface area contributed by atoms with Gasteiger partial charge < -0.3 is 15.3 Å². The smallest absolute Gasteiger partial charge is 0.152 e. The lowest BCUT2D eigenvalue weighted by atomic mass is 10.2. The maximum absolute atomic E-state index is 9.50. The molecule has 2 aromatic rings. The Morgan fingerprint density at radius 3 is 2.10 bits per heavy atom. The first kappa shape index (κ1) is 14.8. The summed E-state index contributed by atoms with van der Waals surface area (Å²) < 4.78 is 0. The van der Waals surface area contributed by atoms with E-state index >= 15 is 0 Å². The van der Waals surface area contributed by atoms with E-state index in [1.54, 1.807) is 12.1 Å². The van der Waals surface area contributed by atoms with Crippen LogP contribution in [-0.4, -0.2) is 19.2 Å². The summed E-state index contributed by atoms with van der Waals surface area (Å²) in [5, 5.41) is 13.2. The minimum atomic E-state index is -0.0887. The molecule has 0 aromatic heterocycles. The van der Waals surface area contributed by atoms with Crippen molar-refractivity contribution < 1.29 is 5.11 Å². The fraction of sp³-hybridized carbons (Fsp3) is 0.200. The van der Waals surface area contributed by atoms with E-state index in [9.17, 15) is 5.11 Å². The molecule has 2 aromatic carbocycles. The lowest BCUT2D eigenvalue weighted by Crippen LogP contribution is -2.08. The van der Waals surface area contributed by atoms with Crippen molar-refractivity contribution in [2.24, 2.45) is 0 Å². The molecule has 0 radical (unpaired) electrons. The molecular formula is C15H16Cl2N2O. The Hall–Kier alpha value is -1.58. The van der Waals surface area contributed by atoms with Crippen LogP contribution in [-0.2, 0) is 6.54 Å². The molecule has 0 bridgehead atoms. The summed E-state index contributed by atoms with van der Waals surface area (Å²) in [6.07, 6.45) is 0. The summed E-state index contributed by atoms with van der Waals surface area (Å²) in [4.78, 5) is 2.05. The number of phenols is 1. The first-order valence-electron chi connectivity index (χ1n) is 6.15. The molecule has 0 spiro atoms. The van der Waals surface area contributed by atoms with Gasteiger partial charge in [-0.25, -0.2) is 0 Å². The van der Waals surface area contributed by atoms with Gasteiger partial charge in [-0.2, -0.15) is 0 Å². The number of nitrogens with one attached hydrogen (secondary N) is 1. The van der Waals surface area contributed by atoms with Crippen molar-refractivity contribution in [3.8, 4) is 5.75 Å². The van der Waals surface area contributed by atoms with Crippen LogP contribution in [0.1, 0.15) is 5.56 Å². The third-order valence-corrected chi connectivity index (χ3v) is 3.54. The van der Waals surface area contributed by atoms with Crippen molar-refractivity contribution in [3.05, 3.63) is 52.0 Å². The van der Waals surface area contributed by atoms with Crippen LogP contribution in [0, 0.1) is 0 Å². The molecule has 20 heavy (non-hydrogen) atoms. The second-order valence-electron chi connectivity index (χ2n) is 4.70. The van der Waals surface area contributed by atoms with Gasteiger partial charge in [0.05, 0.1) is 10.0 Å². The molecule has 2 rings (SSSR count). The molecule has 5 heteroatoms. The largest absolute Gasteiger partial charge is 0.505 e. The third kappa shape index (κ3) is 3.50. The minimum Gasteiger partial charge on any atom is -0.505 e. The van der Waals surface area contributed by atoms with E-state index in [2.05, 4.69) is 34.5 Å². The number of hydrogen-bond acceptors (Lipinski definition) is 3. The Kier molecular flexibility index (Phi) is 4.63. The molecule has 0 unspecified atom stereocenters. The number of aromatic hydroxyl groups is 1. The second kappa shape index (κ2) is 6.25. The summed E-state index contributed by atoms with van der Waals surface area (Å²) in [6.45, 7) is 0.658. The van der Waals surface area contributed by atoms with Crippen LogP contribution in [0.3, 0.4) is 0 Å². The van der Waals surface area contributed by atoms with E-state index in [-0.39, 0.29) is 15.8 Å². The van der Waals surface area contributed by atoms with E-state index in [0.29, 0.717) is 6.54 Å². The summed E-state index contributed by atoms with van der Waals surface area (Å²) in [5.74, 6) is -0.0887. The number of halogens is 2. The molecular weight excluding hydrogens is 295 g/mol. The minimum absolute atomic E-state index is 0.0887. The number of benzene rings is 2. The maximum atomic E-state index is 9.50. The zero-order chi connectivity index (χ0) is 14.7. The highest BCUT2D eigenvalue weighted by molar-refractivity contribution is 6.37. The van der Waals surface area contributed by atoms with Crippen LogP contribution in [0.4, 0.5) is 11.4 Å². The van der Waals surface area contributed by atoms with E-state index in [1.807, 2.05) is 14.1 Å². The quantitative estimate of drug-likeness (QED) is 0.823. The summed E-state index contributed by atoms with van der Waals surface area (Å²) in [5.41, 5.74) is 3.08. The van der Waals surface area contributed by atoms with Crippen molar-refractivity contribution in [2.75, 3.05) is 24.3 Å². The standard InChI is InChI=1S/C15H16Cl2N2O/c1-19(2)12-5-3-10(4-6-12)9-18-11-7-13(16)15(20)14(17)8-11/h3-8,18,20H,9H2,1-2H3. The second-order valence-corrected chi connectivity index (χ2v) is 5.52. The highest BCUT2D eigenvalue weighted by atomic mass is 35.5. The van der Waals surface area contributed by atoms with Gasteiger partial charge in [0.15, 0.2) is 5.75 Å². The molecule has 0 amide bonds. The Morgan fingerprint density at radius 2 is 1.60 bits per heavy atom. The lowest BCUT2D eigenvalue weighted by Gasteiger charge is -2.13. The molecule has 0 aliphatic heterocycles. The molecule has 0 saturated heterocycles. The number of nitrogens with zero attached hydrogens (tertiary/aromatic N) is 1. The first-order chi connectivity index (χ1) is 9.47. The van der Waals surface area contributed by atoms with Gasteiger partial charge in [0, 0.05) is 32.0 Å². The van der Waals surface area contributed by atoms with E-state index in [0.717, 1.165) is 16.9 Å². The van der Waals surface area contributed by atoms with Gasteiger partial charge in [-0.05, 0) is 29.8 Å². The molecule has 3 nitrogen and oxygen atoms in total.